The zero-order valence-electron chi connectivity index (χ0n) is 29.3. The average molecular weight is 731 g/mol. The molecule has 3 aromatic carbocycles. The fraction of sp³-hybridized carbons (Fsp3) is 0.405. The largest absolute Gasteiger partial charge is 1.00 e. The van der Waals surface area contributed by atoms with Crippen LogP contribution >= 0.6 is 0 Å². The summed E-state index contributed by atoms with van der Waals surface area (Å²) in [5.41, 5.74) is 16.7. The van der Waals surface area contributed by atoms with Gasteiger partial charge in [0, 0.05) is 0 Å². The Morgan fingerprint density at radius 3 is 2.15 bits per heavy atom. The summed E-state index contributed by atoms with van der Waals surface area (Å²) in [6.07, 6.45) is 8.68. The minimum absolute atomic E-state index is 0. The Labute approximate surface area is 296 Å². The van der Waals surface area contributed by atoms with Crippen LogP contribution in [0.25, 0.3) is 27.5 Å². The van der Waals surface area contributed by atoms with Crippen molar-refractivity contribution in [2.45, 2.75) is 91.1 Å². The summed E-state index contributed by atoms with van der Waals surface area (Å²) in [6, 6.07) is 14.1. The molecule has 4 aromatic rings. The van der Waals surface area contributed by atoms with Crippen molar-refractivity contribution in [3.63, 3.8) is 0 Å². The van der Waals surface area contributed by atoms with Crippen molar-refractivity contribution in [1.82, 2.24) is 0 Å². The summed E-state index contributed by atoms with van der Waals surface area (Å²) in [5.74, 6) is 2.52. The quantitative estimate of drug-likeness (QED) is 0.270. The van der Waals surface area contributed by atoms with E-state index in [4.69, 9.17) is 4.42 Å². The van der Waals surface area contributed by atoms with Gasteiger partial charge in [-0.05, 0) is 0 Å². The van der Waals surface area contributed by atoms with Crippen molar-refractivity contribution in [3.05, 3.63) is 109 Å². The molecule has 3 aliphatic rings. The molecule has 1 aromatic heterocycles. The molecule has 0 fully saturated rings. The molecule has 0 aliphatic heterocycles. The van der Waals surface area contributed by atoms with Crippen LogP contribution in [-0.2, 0) is 24.4 Å². The van der Waals surface area contributed by atoms with Gasteiger partial charge in [0.15, 0.2) is 0 Å². The van der Waals surface area contributed by atoms with Crippen LogP contribution in [0.15, 0.2) is 68.8 Å². The maximum absolute atomic E-state index is 5.67. The predicted molar refractivity (Wildman–Crippen MR) is 185 cm³/mol. The van der Waals surface area contributed by atoms with Gasteiger partial charge < -0.3 is 24.8 Å². The van der Waals surface area contributed by atoms with Crippen LogP contribution in [-0.4, -0.2) is 3.21 Å². The molecule has 0 saturated carbocycles. The van der Waals surface area contributed by atoms with Gasteiger partial charge in [0.05, 0.1) is 0 Å². The third-order valence-electron chi connectivity index (χ3n) is 12.5. The molecular weight excluding hydrogens is 683 g/mol. The minimum atomic E-state index is -2.61. The van der Waals surface area contributed by atoms with Crippen LogP contribution in [0.4, 0.5) is 0 Å². The molecule has 6 atom stereocenters. The molecule has 0 spiro atoms. The Hall–Kier alpha value is -1.99. The van der Waals surface area contributed by atoms with E-state index in [9.17, 15) is 0 Å². The van der Waals surface area contributed by atoms with Gasteiger partial charge in [0.1, 0.15) is 0 Å². The van der Waals surface area contributed by atoms with Gasteiger partial charge in [-0.1, -0.05) is 0 Å². The van der Waals surface area contributed by atoms with Crippen molar-refractivity contribution in [1.29, 1.82) is 0 Å². The van der Waals surface area contributed by atoms with E-state index in [0.717, 1.165) is 0 Å². The van der Waals surface area contributed by atoms with Crippen LogP contribution in [0.3, 0.4) is 0 Å². The van der Waals surface area contributed by atoms with Gasteiger partial charge in [0.2, 0.25) is 0 Å². The van der Waals surface area contributed by atoms with Gasteiger partial charge in [-0.15, -0.1) is 0 Å². The summed E-state index contributed by atoms with van der Waals surface area (Å²) in [4.78, 5) is 0. The first-order valence-corrected chi connectivity index (χ1v) is 20.4. The first-order chi connectivity index (χ1) is 20.9. The maximum atomic E-state index is 5.67. The molecule has 7 rings (SSSR count). The van der Waals surface area contributed by atoms with E-state index in [-0.39, 0.29) is 27.9 Å². The topological polar surface area (TPSA) is 13.1 Å². The maximum Gasteiger partial charge on any atom is -1.00 e. The van der Waals surface area contributed by atoms with E-state index in [1.54, 1.807) is 28.7 Å². The molecule has 46 heavy (non-hydrogen) atoms. The van der Waals surface area contributed by atoms with Crippen molar-refractivity contribution < 1.29 is 50.5 Å². The van der Waals surface area contributed by atoms with E-state index in [2.05, 4.69) is 125 Å². The minimum Gasteiger partial charge on any atom is -1.00 e. The average Bonchev–Trinajstić information content (AvgIpc) is 3.72. The first-order valence-electron chi connectivity index (χ1n) is 16.7. The molecule has 1 heterocycles. The van der Waals surface area contributed by atoms with Crippen molar-refractivity contribution in [2.24, 2.45) is 17.8 Å². The second-order valence-corrected chi connectivity index (χ2v) is 22.9. The number of aryl methyl sites for hydroxylation is 1. The molecular formula is C42H48Cl2OZr. The number of hydrogen-bond donors (Lipinski definition) is 0. The van der Waals surface area contributed by atoms with Gasteiger partial charge in [-0.3, -0.25) is 0 Å². The summed E-state index contributed by atoms with van der Waals surface area (Å²) in [6.45, 7) is 27.4. The number of benzene rings is 3. The normalized spacial score (nSPS) is 25.7. The monoisotopic (exact) mass is 728 g/mol. The predicted octanol–water partition coefficient (Wildman–Crippen LogP) is 5.55. The molecule has 0 bridgehead atoms. The summed E-state index contributed by atoms with van der Waals surface area (Å²) >= 11 is -2.61. The first kappa shape index (κ1) is 35.3. The summed E-state index contributed by atoms with van der Waals surface area (Å²) < 4.78 is 9.23. The second-order valence-electron chi connectivity index (χ2n) is 14.8. The fourth-order valence-electron chi connectivity index (χ4n) is 9.83. The van der Waals surface area contributed by atoms with Crippen LogP contribution in [0.1, 0.15) is 112 Å². The van der Waals surface area contributed by atoms with E-state index >= 15 is 0 Å². The zero-order chi connectivity index (χ0) is 31.4. The molecule has 4 heteroatoms. The van der Waals surface area contributed by atoms with Crippen LogP contribution < -0.4 is 24.8 Å². The van der Waals surface area contributed by atoms with E-state index in [1.165, 1.54) is 49.7 Å². The van der Waals surface area contributed by atoms with Gasteiger partial charge in [-0.25, -0.2) is 0 Å². The number of fused-ring (bicyclic) bond motifs is 8. The molecule has 240 valence electrons. The van der Waals surface area contributed by atoms with Gasteiger partial charge in [0.25, 0.3) is 0 Å². The number of rotatable bonds is 3. The summed E-state index contributed by atoms with van der Waals surface area (Å²) in [5, 5.41) is 2.95. The molecule has 3 aliphatic carbocycles. The van der Waals surface area contributed by atoms with Crippen LogP contribution in [0.5, 0.6) is 0 Å². The molecule has 0 amide bonds. The number of allylic oxidation sites excluding steroid dienone is 4. The summed E-state index contributed by atoms with van der Waals surface area (Å²) in [7, 11) is 0. The van der Waals surface area contributed by atoms with E-state index in [1.807, 2.05) is 12.5 Å². The Kier molecular flexibility index (Phi) is 9.58. The Morgan fingerprint density at radius 1 is 0.848 bits per heavy atom. The molecule has 0 radical (unpaired) electrons. The van der Waals surface area contributed by atoms with Crippen molar-refractivity contribution in [2.75, 3.05) is 0 Å². The molecule has 0 saturated heterocycles. The molecule has 0 N–H and O–H groups in total. The Morgan fingerprint density at radius 2 is 1.52 bits per heavy atom. The van der Waals surface area contributed by atoms with E-state index < -0.39 is 21.3 Å². The van der Waals surface area contributed by atoms with Crippen LogP contribution in [0, 0.1) is 38.5 Å². The number of furan rings is 1. The van der Waals surface area contributed by atoms with Gasteiger partial charge >= 0.3 is 274 Å². The standard InChI is InChI=1S/C29H33.C10H9O.C3H6.2ClH.Zr/c1-14-13-24-25(18(5)15(14)2)21(8)28-27-20(7)17(4)16(3)19(6)26(27)22-11-9-10-12-23(22)29(24)28;1-8-2-3-9(6-8)10-4-5-11-7-10;1-3-2;;;/h9-13,16-17,19,21H,1-8H3;2-5,7-8H,1H3;1-2H3;2*1H;/q;;;;;+2/p-2. The smallest absolute Gasteiger partial charge is 1.00 e. The SMILES string of the molecule is C[C](C)=[Zr+2]([C]1=C(c2ccoc2)C=CC1C)[C]1(C)c2c3c(c4ccccc4c2C(C)C(C)C1C)-c1cc(C)c(C)c(C)c1C3C.[Cl-].[Cl-]. The fourth-order valence-corrected chi connectivity index (χ4v) is 20.7. The third-order valence-corrected chi connectivity index (χ3v) is 22.4. The van der Waals surface area contributed by atoms with Gasteiger partial charge in [-0.2, -0.15) is 0 Å². The Balaban J connectivity index is 0.00000208. The number of halogens is 2. The molecule has 6 unspecified atom stereocenters. The van der Waals surface area contributed by atoms with Crippen molar-refractivity contribution in [3.8, 4) is 11.1 Å². The number of hydrogen-bond acceptors (Lipinski definition) is 1. The zero-order valence-corrected chi connectivity index (χ0v) is 33.3. The van der Waals surface area contributed by atoms with Crippen LogP contribution in [0.2, 0.25) is 0 Å². The van der Waals surface area contributed by atoms with Crippen molar-refractivity contribution >= 4 is 19.6 Å². The Bertz CT molecular complexity index is 1960. The van der Waals surface area contributed by atoms with E-state index in [0.29, 0.717) is 29.6 Å². The third kappa shape index (κ3) is 4.67. The molecule has 1 nitrogen and oxygen atoms in total. The second kappa shape index (κ2) is 12.5.